The third kappa shape index (κ3) is 3.53. The second kappa shape index (κ2) is 6.13. The van der Waals surface area contributed by atoms with E-state index in [1.165, 1.54) is 34.8 Å². The summed E-state index contributed by atoms with van der Waals surface area (Å²) in [5.41, 5.74) is 1.17. The number of aliphatic hydroxyl groups excluding tert-OH is 1. The molecule has 2 unspecified atom stereocenters. The number of rotatable bonds is 4. The fraction of sp³-hybridized carbons (Fsp3) is 0.786. The van der Waals surface area contributed by atoms with Crippen LogP contribution in [0.1, 0.15) is 48.2 Å². The van der Waals surface area contributed by atoms with Crippen molar-refractivity contribution in [2.24, 2.45) is 0 Å². The van der Waals surface area contributed by atoms with E-state index in [1.54, 1.807) is 0 Å². The number of likely N-dealkylation sites (tertiary alicyclic amines) is 1. The Bertz CT molecular complexity index is 370. The Balaban J connectivity index is 2.00. The van der Waals surface area contributed by atoms with E-state index in [9.17, 15) is 5.11 Å². The van der Waals surface area contributed by atoms with Gasteiger partial charge in [-0.1, -0.05) is 6.42 Å². The molecule has 0 amide bonds. The van der Waals surface area contributed by atoms with Gasteiger partial charge in [-0.15, -0.1) is 11.3 Å². The highest BCUT2D eigenvalue weighted by molar-refractivity contribution is 7.11. The maximum absolute atomic E-state index is 9.60. The first-order valence-electron chi connectivity index (χ1n) is 6.91. The molecule has 2 rings (SSSR count). The van der Waals surface area contributed by atoms with Crippen LogP contribution in [0.15, 0.2) is 0 Å². The number of hydrogen-bond acceptors (Lipinski definition) is 4. The van der Waals surface area contributed by atoms with Gasteiger partial charge >= 0.3 is 0 Å². The van der Waals surface area contributed by atoms with E-state index >= 15 is 0 Å². The predicted molar refractivity (Wildman–Crippen MR) is 75.9 cm³/mol. The number of piperidine rings is 1. The van der Waals surface area contributed by atoms with Crippen LogP contribution in [0, 0.1) is 13.8 Å². The molecule has 0 aromatic carbocycles. The lowest BCUT2D eigenvalue weighted by Crippen LogP contribution is -2.40. The van der Waals surface area contributed by atoms with Crippen LogP contribution in [0.3, 0.4) is 0 Å². The van der Waals surface area contributed by atoms with Crippen LogP contribution >= 0.6 is 11.3 Å². The number of thiazole rings is 1. The summed E-state index contributed by atoms with van der Waals surface area (Å²) in [4.78, 5) is 8.47. The van der Waals surface area contributed by atoms with Crippen molar-refractivity contribution in [3.8, 4) is 0 Å². The summed E-state index contributed by atoms with van der Waals surface area (Å²) >= 11 is 1.81. The van der Waals surface area contributed by atoms with E-state index in [-0.39, 0.29) is 6.10 Å². The van der Waals surface area contributed by atoms with Gasteiger partial charge in [0.1, 0.15) is 5.01 Å². The van der Waals surface area contributed by atoms with Crippen LogP contribution in [0.5, 0.6) is 0 Å². The maximum atomic E-state index is 9.60. The Morgan fingerprint density at radius 1 is 1.44 bits per heavy atom. The van der Waals surface area contributed by atoms with Gasteiger partial charge in [0.2, 0.25) is 0 Å². The average molecular weight is 268 g/mol. The van der Waals surface area contributed by atoms with Crippen molar-refractivity contribution in [3.63, 3.8) is 0 Å². The summed E-state index contributed by atoms with van der Waals surface area (Å²) in [6.45, 7) is 8.22. The molecule has 0 bridgehead atoms. The number of nitrogens with zero attached hydrogens (tertiary/aromatic N) is 2. The molecule has 4 heteroatoms. The second-order valence-electron chi connectivity index (χ2n) is 5.45. The quantitative estimate of drug-likeness (QED) is 0.912. The van der Waals surface area contributed by atoms with Gasteiger partial charge < -0.3 is 5.11 Å². The van der Waals surface area contributed by atoms with Crippen LogP contribution in [0.2, 0.25) is 0 Å². The molecule has 1 aliphatic heterocycles. The zero-order valence-electron chi connectivity index (χ0n) is 11.6. The predicted octanol–water partition coefficient (Wildman–Crippen LogP) is 2.89. The minimum absolute atomic E-state index is 0.199. The Morgan fingerprint density at radius 3 is 2.83 bits per heavy atom. The molecule has 0 aliphatic carbocycles. The number of aryl methyl sites for hydroxylation is 2. The molecule has 3 nitrogen and oxygen atoms in total. The third-order valence-corrected chi connectivity index (χ3v) is 4.83. The number of aromatic nitrogens is 1. The molecule has 0 radical (unpaired) electrons. The molecule has 2 atom stereocenters. The van der Waals surface area contributed by atoms with Crippen molar-refractivity contribution in [2.75, 3.05) is 6.54 Å². The molecule has 0 saturated carbocycles. The first-order chi connectivity index (χ1) is 8.56. The minimum Gasteiger partial charge on any atom is -0.393 e. The second-order valence-corrected chi connectivity index (χ2v) is 6.74. The summed E-state index contributed by atoms with van der Waals surface area (Å²) in [6, 6.07) is 0.531. The molecule has 1 fully saturated rings. The van der Waals surface area contributed by atoms with E-state index in [1.807, 2.05) is 18.3 Å². The highest BCUT2D eigenvalue weighted by Gasteiger charge is 2.24. The van der Waals surface area contributed by atoms with Gasteiger partial charge in [-0.05, 0) is 46.6 Å². The maximum Gasteiger partial charge on any atom is 0.107 e. The zero-order valence-corrected chi connectivity index (χ0v) is 12.5. The van der Waals surface area contributed by atoms with Crippen LogP contribution in [-0.4, -0.2) is 33.7 Å². The van der Waals surface area contributed by atoms with Crippen LogP contribution in [-0.2, 0) is 6.54 Å². The average Bonchev–Trinajstić information content (AvgIpc) is 2.60. The Labute approximate surface area is 114 Å². The molecule has 1 aromatic heterocycles. The van der Waals surface area contributed by atoms with E-state index in [4.69, 9.17) is 0 Å². The van der Waals surface area contributed by atoms with Crippen LogP contribution < -0.4 is 0 Å². The molecule has 1 aliphatic rings. The SMILES string of the molecule is Cc1nc(CN2CCCCC2CC(C)O)sc1C. The first kappa shape index (κ1) is 14.0. The van der Waals surface area contributed by atoms with Gasteiger partial charge in [-0.2, -0.15) is 0 Å². The van der Waals surface area contributed by atoms with Crippen LogP contribution in [0.4, 0.5) is 0 Å². The Kier molecular flexibility index (Phi) is 4.76. The monoisotopic (exact) mass is 268 g/mol. The van der Waals surface area contributed by atoms with Gasteiger partial charge in [0.25, 0.3) is 0 Å². The molecular formula is C14H24N2OS. The molecule has 0 spiro atoms. The molecule has 1 N–H and O–H groups in total. The summed E-state index contributed by atoms with van der Waals surface area (Å²) in [5.74, 6) is 0. The van der Waals surface area contributed by atoms with Crippen molar-refractivity contribution in [1.29, 1.82) is 0 Å². The van der Waals surface area contributed by atoms with Crippen molar-refractivity contribution in [3.05, 3.63) is 15.6 Å². The fourth-order valence-corrected chi connectivity index (χ4v) is 3.67. The molecule has 1 saturated heterocycles. The summed E-state index contributed by atoms with van der Waals surface area (Å²) in [6.07, 6.45) is 4.48. The third-order valence-electron chi connectivity index (χ3n) is 3.77. The van der Waals surface area contributed by atoms with Crippen molar-refractivity contribution < 1.29 is 5.11 Å². The lowest BCUT2D eigenvalue weighted by atomic mass is 9.97. The summed E-state index contributed by atoms with van der Waals surface area (Å²) in [5, 5.41) is 10.8. The summed E-state index contributed by atoms with van der Waals surface area (Å²) in [7, 11) is 0. The van der Waals surface area contributed by atoms with Crippen molar-refractivity contribution >= 4 is 11.3 Å². The van der Waals surface area contributed by atoms with E-state index in [0.717, 1.165) is 19.5 Å². The van der Waals surface area contributed by atoms with Crippen LogP contribution in [0.25, 0.3) is 0 Å². The number of aliphatic hydroxyl groups is 1. The van der Waals surface area contributed by atoms with Crippen molar-refractivity contribution in [2.45, 2.75) is 65.1 Å². The normalized spacial score (nSPS) is 23.2. The highest BCUT2D eigenvalue weighted by atomic mass is 32.1. The van der Waals surface area contributed by atoms with Crippen molar-refractivity contribution in [1.82, 2.24) is 9.88 Å². The number of hydrogen-bond donors (Lipinski definition) is 1. The highest BCUT2D eigenvalue weighted by Crippen LogP contribution is 2.25. The van der Waals surface area contributed by atoms with Gasteiger partial charge in [0, 0.05) is 10.9 Å². The van der Waals surface area contributed by atoms with Gasteiger partial charge in [0.15, 0.2) is 0 Å². The largest absolute Gasteiger partial charge is 0.393 e. The smallest absolute Gasteiger partial charge is 0.107 e. The first-order valence-corrected chi connectivity index (χ1v) is 7.73. The Hall–Kier alpha value is -0.450. The van der Waals surface area contributed by atoms with Gasteiger partial charge in [0.05, 0.1) is 18.3 Å². The van der Waals surface area contributed by atoms with Gasteiger partial charge in [-0.25, -0.2) is 4.98 Å². The van der Waals surface area contributed by atoms with Gasteiger partial charge in [-0.3, -0.25) is 4.90 Å². The molecule has 1 aromatic rings. The lowest BCUT2D eigenvalue weighted by Gasteiger charge is -2.35. The molecule has 102 valence electrons. The standard InChI is InChI=1S/C14H24N2OS/c1-10(17)8-13-6-4-5-7-16(13)9-14-15-11(2)12(3)18-14/h10,13,17H,4-9H2,1-3H3. The molecule has 18 heavy (non-hydrogen) atoms. The lowest BCUT2D eigenvalue weighted by molar-refractivity contribution is 0.0817. The Morgan fingerprint density at radius 2 is 2.22 bits per heavy atom. The van der Waals surface area contributed by atoms with E-state index in [0.29, 0.717) is 6.04 Å². The van der Waals surface area contributed by atoms with E-state index < -0.39 is 0 Å². The zero-order chi connectivity index (χ0) is 13.1. The summed E-state index contributed by atoms with van der Waals surface area (Å²) < 4.78 is 0. The molecule has 2 heterocycles. The van der Waals surface area contributed by atoms with E-state index in [2.05, 4.69) is 23.7 Å². The fourth-order valence-electron chi connectivity index (χ4n) is 2.71. The minimum atomic E-state index is -0.199. The molecular weight excluding hydrogens is 244 g/mol. The topological polar surface area (TPSA) is 36.4 Å².